The van der Waals surface area contributed by atoms with Crippen LogP contribution >= 0.6 is 11.8 Å². The first-order chi connectivity index (χ1) is 14.2. The third-order valence-electron chi connectivity index (χ3n) is 5.13. The highest BCUT2D eigenvalue weighted by Gasteiger charge is 2.23. The van der Waals surface area contributed by atoms with Gasteiger partial charge in [-0.25, -0.2) is 0 Å². The van der Waals surface area contributed by atoms with Gasteiger partial charge in [0.1, 0.15) is 5.75 Å². The number of hydrogen-bond donors (Lipinski definition) is 1. The minimum atomic E-state index is -0.0357. The Hall–Kier alpha value is -2.02. The van der Waals surface area contributed by atoms with E-state index in [1.54, 1.807) is 7.11 Å². The standard InChI is InChI=1S/C23H30N2O3S/c1-3-29-17-18-4-6-20(7-5-18)23(26)24-16-22(25-12-14-28-15-13-25)19-8-10-21(27-2)11-9-19/h4-11,22H,3,12-17H2,1-2H3,(H,24,26). The summed E-state index contributed by atoms with van der Waals surface area (Å²) in [4.78, 5) is 15.1. The second kappa shape index (κ2) is 11.2. The van der Waals surface area contributed by atoms with E-state index in [-0.39, 0.29) is 11.9 Å². The highest BCUT2D eigenvalue weighted by Crippen LogP contribution is 2.24. The van der Waals surface area contributed by atoms with Gasteiger partial charge in [-0.1, -0.05) is 31.2 Å². The van der Waals surface area contributed by atoms with E-state index < -0.39 is 0 Å². The molecule has 1 atom stereocenters. The number of hydrogen-bond acceptors (Lipinski definition) is 5. The molecule has 1 aliphatic rings. The Kier molecular flexibility index (Phi) is 8.40. The van der Waals surface area contributed by atoms with Gasteiger partial charge in [-0.3, -0.25) is 9.69 Å². The summed E-state index contributed by atoms with van der Waals surface area (Å²) < 4.78 is 10.8. The van der Waals surface area contributed by atoms with Gasteiger partial charge in [-0.2, -0.15) is 11.8 Å². The molecule has 2 aromatic carbocycles. The molecule has 1 aliphatic heterocycles. The van der Waals surface area contributed by atoms with Crippen LogP contribution < -0.4 is 10.1 Å². The molecule has 0 aliphatic carbocycles. The van der Waals surface area contributed by atoms with Gasteiger partial charge in [0.25, 0.3) is 5.91 Å². The van der Waals surface area contributed by atoms with Crippen molar-refractivity contribution in [2.24, 2.45) is 0 Å². The van der Waals surface area contributed by atoms with Crippen molar-refractivity contribution in [2.45, 2.75) is 18.7 Å². The van der Waals surface area contributed by atoms with Gasteiger partial charge in [0.2, 0.25) is 0 Å². The topological polar surface area (TPSA) is 50.8 Å². The molecular formula is C23H30N2O3S. The van der Waals surface area contributed by atoms with Crippen LogP contribution in [0.1, 0.15) is 34.5 Å². The molecule has 2 aromatic rings. The molecule has 5 nitrogen and oxygen atoms in total. The Morgan fingerprint density at radius 3 is 2.45 bits per heavy atom. The van der Waals surface area contributed by atoms with Crippen molar-refractivity contribution in [1.29, 1.82) is 0 Å². The van der Waals surface area contributed by atoms with Crippen LogP contribution in [0.25, 0.3) is 0 Å². The quantitative estimate of drug-likeness (QED) is 0.677. The summed E-state index contributed by atoms with van der Waals surface area (Å²) in [6.45, 7) is 5.86. The van der Waals surface area contributed by atoms with Crippen LogP contribution in [-0.2, 0) is 10.5 Å². The first-order valence-electron chi connectivity index (χ1n) is 10.1. The van der Waals surface area contributed by atoms with Gasteiger partial charge in [-0.15, -0.1) is 0 Å². The fourth-order valence-electron chi connectivity index (χ4n) is 3.44. The number of methoxy groups -OCH3 is 1. The number of benzene rings is 2. The molecular weight excluding hydrogens is 384 g/mol. The van der Waals surface area contributed by atoms with E-state index in [2.05, 4.69) is 29.3 Å². The lowest BCUT2D eigenvalue weighted by atomic mass is 10.0. The van der Waals surface area contributed by atoms with E-state index in [1.807, 2.05) is 48.2 Å². The summed E-state index contributed by atoms with van der Waals surface area (Å²) in [7, 11) is 1.67. The highest BCUT2D eigenvalue weighted by atomic mass is 32.2. The molecule has 0 bridgehead atoms. The van der Waals surface area contributed by atoms with Crippen LogP contribution in [0.5, 0.6) is 5.75 Å². The zero-order valence-corrected chi connectivity index (χ0v) is 18.0. The lowest BCUT2D eigenvalue weighted by Gasteiger charge is -2.35. The predicted molar refractivity (Wildman–Crippen MR) is 119 cm³/mol. The zero-order valence-electron chi connectivity index (χ0n) is 17.2. The molecule has 6 heteroatoms. The maximum atomic E-state index is 12.7. The number of thioether (sulfide) groups is 1. The lowest BCUT2D eigenvalue weighted by molar-refractivity contribution is 0.0162. The number of carbonyl (C=O) groups excluding carboxylic acids is 1. The average molecular weight is 415 g/mol. The molecule has 1 heterocycles. The number of amides is 1. The summed E-state index contributed by atoms with van der Waals surface area (Å²) >= 11 is 1.88. The van der Waals surface area contributed by atoms with E-state index in [9.17, 15) is 4.79 Å². The maximum absolute atomic E-state index is 12.7. The largest absolute Gasteiger partial charge is 0.497 e. The first-order valence-corrected chi connectivity index (χ1v) is 11.3. The van der Waals surface area contributed by atoms with Crippen molar-refractivity contribution in [1.82, 2.24) is 10.2 Å². The molecule has 1 amide bonds. The first kappa shape index (κ1) is 21.7. The second-order valence-electron chi connectivity index (χ2n) is 6.98. The SMILES string of the molecule is CCSCc1ccc(C(=O)NCC(c2ccc(OC)cc2)N2CCOCC2)cc1. The molecule has 3 rings (SSSR count). The Labute approximate surface area is 177 Å². The molecule has 0 spiro atoms. The number of nitrogens with one attached hydrogen (secondary N) is 1. The zero-order chi connectivity index (χ0) is 20.5. The molecule has 0 saturated carbocycles. The smallest absolute Gasteiger partial charge is 0.251 e. The van der Waals surface area contributed by atoms with E-state index in [4.69, 9.17) is 9.47 Å². The molecule has 29 heavy (non-hydrogen) atoms. The third-order valence-corrected chi connectivity index (χ3v) is 6.08. The summed E-state index contributed by atoms with van der Waals surface area (Å²) in [5.74, 6) is 2.87. The second-order valence-corrected chi connectivity index (χ2v) is 8.26. The number of morpholine rings is 1. The Morgan fingerprint density at radius 1 is 1.14 bits per heavy atom. The summed E-state index contributed by atoms with van der Waals surface area (Å²) in [6.07, 6.45) is 0. The normalized spacial score (nSPS) is 15.7. The van der Waals surface area contributed by atoms with Gasteiger partial charge >= 0.3 is 0 Å². The predicted octanol–water partition coefficient (Wildman–Crippen LogP) is 3.75. The third kappa shape index (κ3) is 6.23. The van der Waals surface area contributed by atoms with Crippen molar-refractivity contribution in [3.05, 3.63) is 65.2 Å². The molecule has 156 valence electrons. The van der Waals surface area contributed by atoms with Gasteiger partial charge in [0.05, 0.1) is 26.4 Å². The van der Waals surface area contributed by atoms with Gasteiger partial charge in [-0.05, 0) is 41.1 Å². The van der Waals surface area contributed by atoms with Gasteiger partial charge in [0, 0.05) is 31.0 Å². The Balaban J connectivity index is 1.66. The summed E-state index contributed by atoms with van der Waals surface area (Å²) in [5, 5.41) is 3.13. The minimum Gasteiger partial charge on any atom is -0.497 e. The fraction of sp³-hybridized carbons (Fsp3) is 0.435. The van der Waals surface area contributed by atoms with Gasteiger partial charge in [0.15, 0.2) is 0 Å². The molecule has 1 unspecified atom stereocenters. The molecule has 1 N–H and O–H groups in total. The van der Waals surface area contributed by atoms with Crippen LogP contribution in [0.3, 0.4) is 0 Å². The Bertz CT molecular complexity index is 759. The molecule has 1 fully saturated rings. The van der Waals surface area contributed by atoms with E-state index in [1.165, 1.54) is 11.1 Å². The number of nitrogens with zero attached hydrogens (tertiary/aromatic N) is 1. The van der Waals surface area contributed by atoms with Crippen LogP contribution in [0, 0.1) is 0 Å². The van der Waals surface area contributed by atoms with Crippen LogP contribution in [0.2, 0.25) is 0 Å². The van der Waals surface area contributed by atoms with Crippen molar-refractivity contribution < 1.29 is 14.3 Å². The van der Waals surface area contributed by atoms with E-state index in [0.29, 0.717) is 12.1 Å². The van der Waals surface area contributed by atoms with Crippen molar-refractivity contribution >= 4 is 17.7 Å². The highest BCUT2D eigenvalue weighted by molar-refractivity contribution is 7.98. The average Bonchev–Trinajstić information content (AvgIpc) is 2.79. The minimum absolute atomic E-state index is 0.0357. The Morgan fingerprint density at radius 2 is 1.83 bits per heavy atom. The van der Waals surface area contributed by atoms with Crippen molar-refractivity contribution in [2.75, 3.05) is 45.7 Å². The summed E-state index contributed by atoms with van der Waals surface area (Å²) in [6, 6.07) is 16.1. The van der Waals surface area contributed by atoms with Crippen LogP contribution in [0.15, 0.2) is 48.5 Å². The molecule has 0 aromatic heterocycles. The number of carbonyl (C=O) groups is 1. The van der Waals surface area contributed by atoms with Crippen LogP contribution in [-0.4, -0.2) is 56.5 Å². The summed E-state index contributed by atoms with van der Waals surface area (Å²) in [5.41, 5.74) is 3.11. The lowest BCUT2D eigenvalue weighted by Crippen LogP contribution is -2.43. The van der Waals surface area contributed by atoms with Crippen LogP contribution in [0.4, 0.5) is 0 Å². The van der Waals surface area contributed by atoms with E-state index >= 15 is 0 Å². The number of ether oxygens (including phenoxy) is 2. The van der Waals surface area contributed by atoms with Crippen molar-refractivity contribution in [3.63, 3.8) is 0 Å². The molecule has 1 saturated heterocycles. The van der Waals surface area contributed by atoms with Gasteiger partial charge < -0.3 is 14.8 Å². The monoisotopic (exact) mass is 414 g/mol. The maximum Gasteiger partial charge on any atom is 0.251 e. The van der Waals surface area contributed by atoms with E-state index in [0.717, 1.165) is 43.6 Å². The fourth-order valence-corrected chi connectivity index (χ4v) is 4.07. The number of rotatable bonds is 9. The molecule has 0 radical (unpaired) electrons. The van der Waals surface area contributed by atoms with Crippen molar-refractivity contribution in [3.8, 4) is 5.75 Å².